The summed E-state index contributed by atoms with van der Waals surface area (Å²) in [6, 6.07) is 48.7. The van der Waals surface area contributed by atoms with Crippen molar-refractivity contribution < 1.29 is 9.13 Å². The highest BCUT2D eigenvalue weighted by Crippen LogP contribution is 2.35. The lowest BCUT2D eigenvalue weighted by Crippen LogP contribution is -2.33. The Morgan fingerprint density at radius 1 is 0.455 bits per heavy atom. The maximum Gasteiger partial charge on any atom is 0.245 e. The van der Waals surface area contributed by atoms with Crippen molar-refractivity contribution >= 4 is 22.1 Å². The van der Waals surface area contributed by atoms with Crippen molar-refractivity contribution in [2.45, 2.75) is 51.9 Å². The lowest BCUT2D eigenvalue weighted by Gasteiger charge is -2.21. The summed E-state index contributed by atoms with van der Waals surface area (Å²) in [5, 5.41) is 0. The number of para-hydroxylation sites is 4. The van der Waals surface area contributed by atoms with E-state index in [1.54, 1.807) is 0 Å². The van der Waals surface area contributed by atoms with E-state index < -0.39 is 0 Å². The molecule has 44 heavy (non-hydrogen) atoms. The highest BCUT2D eigenvalue weighted by Gasteiger charge is 2.30. The van der Waals surface area contributed by atoms with E-state index in [-0.39, 0.29) is 12.1 Å². The Labute approximate surface area is 260 Å². The summed E-state index contributed by atoms with van der Waals surface area (Å²) in [6.45, 7) is 6.33. The molecule has 0 spiro atoms. The molecule has 0 aliphatic heterocycles. The van der Waals surface area contributed by atoms with Gasteiger partial charge in [-0.25, -0.2) is 18.3 Å². The zero-order valence-electron chi connectivity index (χ0n) is 25.6. The largest absolute Gasteiger partial charge is 0.245 e. The molecule has 2 heterocycles. The second-order valence-electron chi connectivity index (χ2n) is 11.7. The molecule has 218 valence electrons. The first-order valence-electron chi connectivity index (χ1n) is 15.9. The van der Waals surface area contributed by atoms with Crippen LogP contribution in [0.1, 0.15) is 61.0 Å². The SMILES string of the molecule is CC[C@H](c1ccccc1[C@@H](CC)n1c[n+](Cc2ccccc2)c2ccccc21)n1c[n+](Cc2ccccc2)c2ccccc21. The highest BCUT2D eigenvalue weighted by molar-refractivity contribution is 5.73. The van der Waals surface area contributed by atoms with Crippen molar-refractivity contribution in [2.24, 2.45) is 0 Å². The Balaban J connectivity index is 1.33. The van der Waals surface area contributed by atoms with E-state index >= 15 is 0 Å². The van der Waals surface area contributed by atoms with Crippen LogP contribution in [0.5, 0.6) is 0 Å². The monoisotopic (exact) mass is 576 g/mol. The van der Waals surface area contributed by atoms with E-state index in [9.17, 15) is 0 Å². The summed E-state index contributed by atoms with van der Waals surface area (Å²) < 4.78 is 9.82. The van der Waals surface area contributed by atoms with Crippen LogP contribution in [0.25, 0.3) is 22.1 Å². The molecule has 7 aromatic rings. The third kappa shape index (κ3) is 5.22. The second kappa shape index (κ2) is 12.3. The molecular weight excluding hydrogens is 536 g/mol. The predicted octanol–water partition coefficient (Wildman–Crippen LogP) is 8.27. The lowest BCUT2D eigenvalue weighted by atomic mass is 9.92. The number of hydrogen-bond donors (Lipinski definition) is 0. The van der Waals surface area contributed by atoms with E-state index in [0.29, 0.717) is 0 Å². The average Bonchev–Trinajstić information content (AvgIpc) is 3.62. The summed E-state index contributed by atoms with van der Waals surface area (Å²) in [6.07, 6.45) is 6.67. The van der Waals surface area contributed by atoms with Crippen molar-refractivity contribution in [1.29, 1.82) is 0 Å². The number of imidazole rings is 2. The molecule has 7 rings (SSSR count). The Kier molecular flexibility index (Phi) is 7.81. The summed E-state index contributed by atoms with van der Waals surface area (Å²) >= 11 is 0. The Bertz CT molecular complexity index is 1860. The van der Waals surface area contributed by atoms with Crippen LogP contribution in [0.3, 0.4) is 0 Å². The fourth-order valence-electron chi connectivity index (χ4n) is 6.96. The zero-order valence-corrected chi connectivity index (χ0v) is 25.6. The maximum atomic E-state index is 2.51. The molecule has 0 amide bonds. The van der Waals surface area contributed by atoms with Crippen molar-refractivity contribution in [2.75, 3.05) is 0 Å². The molecule has 2 aromatic heterocycles. The number of nitrogens with zero attached hydrogens (tertiary/aromatic N) is 4. The van der Waals surface area contributed by atoms with Gasteiger partial charge in [0.25, 0.3) is 0 Å². The molecule has 2 atom stereocenters. The molecule has 5 aromatic carbocycles. The third-order valence-corrected chi connectivity index (χ3v) is 9.02. The van der Waals surface area contributed by atoms with Crippen molar-refractivity contribution in [1.82, 2.24) is 9.13 Å². The molecule has 0 saturated carbocycles. The number of hydrogen-bond acceptors (Lipinski definition) is 0. The second-order valence-corrected chi connectivity index (χ2v) is 11.7. The molecule has 0 radical (unpaired) electrons. The smallest absolute Gasteiger partial charge is 0.226 e. The van der Waals surface area contributed by atoms with Crippen LogP contribution < -0.4 is 9.13 Å². The minimum Gasteiger partial charge on any atom is -0.226 e. The molecule has 0 unspecified atom stereocenters. The maximum absolute atomic E-state index is 2.51. The molecule has 0 aliphatic rings. The van der Waals surface area contributed by atoms with Crippen LogP contribution in [-0.2, 0) is 13.1 Å². The molecule has 0 saturated heterocycles. The first-order chi connectivity index (χ1) is 21.7. The van der Waals surface area contributed by atoms with E-state index in [4.69, 9.17) is 0 Å². The molecular formula is C40H40N4+2. The van der Waals surface area contributed by atoms with Gasteiger partial charge in [0.1, 0.15) is 25.2 Å². The van der Waals surface area contributed by atoms with Gasteiger partial charge >= 0.3 is 0 Å². The van der Waals surface area contributed by atoms with E-state index in [2.05, 4.69) is 178 Å². The van der Waals surface area contributed by atoms with Gasteiger partial charge in [-0.1, -0.05) is 123 Å². The van der Waals surface area contributed by atoms with Gasteiger partial charge in [0, 0.05) is 11.1 Å². The van der Waals surface area contributed by atoms with Crippen LogP contribution in [0.4, 0.5) is 0 Å². The van der Waals surface area contributed by atoms with Crippen LogP contribution in [0, 0.1) is 0 Å². The van der Waals surface area contributed by atoms with Crippen LogP contribution in [0.15, 0.2) is 146 Å². The zero-order chi connectivity index (χ0) is 29.9. The van der Waals surface area contributed by atoms with Gasteiger partial charge in [-0.2, -0.15) is 0 Å². The summed E-state index contributed by atoms with van der Waals surface area (Å²) in [5.41, 5.74) is 10.5. The van der Waals surface area contributed by atoms with E-state index in [1.165, 1.54) is 44.3 Å². The summed E-state index contributed by atoms with van der Waals surface area (Å²) in [4.78, 5) is 0. The van der Waals surface area contributed by atoms with Crippen LogP contribution in [-0.4, -0.2) is 9.13 Å². The van der Waals surface area contributed by atoms with Gasteiger partial charge in [0.15, 0.2) is 22.1 Å². The molecule has 0 bridgehead atoms. The van der Waals surface area contributed by atoms with Gasteiger partial charge in [0.2, 0.25) is 12.7 Å². The fraction of sp³-hybridized carbons (Fsp3) is 0.200. The average molecular weight is 577 g/mol. The van der Waals surface area contributed by atoms with Gasteiger partial charge in [-0.05, 0) is 48.2 Å². The first kappa shape index (κ1) is 27.8. The minimum atomic E-state index is 0.209. The van der Waals surface area contributed by atoms with Gasteiger partial charge in [-0.3, -0.25) is 0 Å². The van der Waals surface area contributed by atoms with Crippen molar-refractivity contribution in [3.63, 3.8) is 0 Å². The highest BCUT2D eigenvalue weighted by atomic mass is 15.2. The van der Waals surface area contributed by atoms with Gasteiger partial charge in [0.05, 0.1) is 0 Å². The normalized spacial score (nSPS) is 13.0. The topological polar surface area (TPSA) is 17.6 Å². The summed E-state index contributed by atoms with van der Waals surface area (Å²) in [5.74, 6) is 0. The van der Waals surface area contributed by atoms with E-state index in [1.807, 2.05) is 0 Å². The Hall–Kier alpha value is -4.96. The molecule has 0 fully saturated rings. The molecule has 4 heteroatoms. The van der Waals surface area contributed by atoms with E-state index in [0.717, 1.165) is 25.9 Å². The van der Waals surface area contributed by atoms with Crippen LogP contribution in [0.2, 0.25) is 0 Å². The van der Waals surface area contributed by atoms with Crippen LogP contribution >= 0.6 is 0 Å². The number of fused-ring (bicyclic) bond motifs is 2. The number of benzene rings is 5. The first-order valence-corrected chi connectivity index (χ1v) is 15.9. The molecule has 0 N–H and O–H groups in total. The fourth-order valence-corrected chi connectivity index (χ4v) is 6.96. The van der Waals surface area contributed by atoms with Crippen molar-refractivity contribution in [3.05, 3.63) is 168 Å². The molecule has 0 aliphatic carbocycles. The number of aromatic nitrogens is 4. The van der Waals surface area contributed by atoms with Gasteiger partial charge in [-0.15, -0.1) is 0 Å². The number of rotatable bonds is 10. The molecule has 4 nitrogen and oxygen atoms in total. The van der Waals surface area contributed by atoms with Gasteiger partial charge < -0.3 is 0 Å². The van der Waals surface area contributed by atoms with Crippen molar-refractivity contribution in [3.8, 4) is 0 Å². The lowest BCUT2D eigenvalue weighted by molar-refractivity contribution is -0.663. The minimum absolute atomic E-state index is 0.209. The predicted molar refractivity (Wildman–Crippen MR) is 179 cm³/mol. The third-order valence-electron chi connectivity index (χ3n) is 9.02. The Morgan fingerprint density at radius 3 is 1.23 bits per heavy atom. The quantitative estimate of drug-likeness (QED) is 0.146. The summed E-state index contributed by atoms with van der Waals surface area (Å²) in [7, 11) is 0. The Morgan fingerprint density at radius 2 is 0.818 bits per heavy atom. The standard InChI is InChI=1S/C40H40N4/c1-3-35(43-29-41(27-31-17-7-5-8-18-31)37-23-13-15-25-39(37)43)33-21-11-12-22-34(33)36(4-2)44-30-42(28-32-19-9-6-10-20-32)38-24-14-16-26-40(38)44/h5-26,29-30,35-36H,3-4,27-28H2,1-2H3/q+2/t35-,36-/m1/s1.